The second-order valence-electron chi connectivity index (χ2n) is 2.47. The molecule has 0 radical (unpaired) electrons. The van der Waals surface area contributed by atoms with Gasteiger partial charge in [0.2, 0.25) is 11.8 Å². The summed E-state index contributed by atoms with van der Waals surface area (Å²) in [4.78, 5) is 11.1. The van der Waals surface area contributed by atoms with Crippen molar-refractivity contribution in [1.29, 1.82) is 0 Å². The van der Waals surface area contributed by atoms with Gasteiger partial charge in [-0.1, -0.05) is 0 Å². The molecule has 2 rings (SSSR count). The molecule has 0 saturated carbocycles. The van der Waals surface area contributed by atoms with Crippen LogP contribution < -0.4 is 9.47 Å². The maximum atomic E-state index is 5.05. The van der Waals surface area contributed by atoms with E-state index in [9.17, 15) is 0 Å². The molecule has 68 valence electrons. The number of aromatic amines is 1. The van der Waals surface area contributed by atoms with Gasteiger partial charge in [-0.15, -0.1) is 0 Å². The molecule has 0 bridgehead atoms. The Morgan fingerprint density at radius 2 is 2.15 bits per heavy atom. The van der Waals surface area contributed by atoms with Gasteiger partial charge in [0.1, 0.15) is 0 Å². The molecule has 2 aromatic rings. The summed E-state index contributed by atoms with van der Waals surface area (Å²) in [6, 6.07) is 1.77. The van der Waals surface area contributed by atoms with E-state index in [-0.39, 0.29) is 0 Å². The molecule has 0 saturated heterocycles. The first-order valence-electron chi connectivity index (χ1n) is 3.77. The maximum absolute atomic E-state index is 5.05. The third kappa shape index (κ3) is 1.18. The van der Waals surface area contributed by atoms with Crippen molar-refractivity contribution in [3.05, 3.63) is 12.4 Å². The van der Waals surface area contributed by atoms with Gasteiger partial charge in [0, 0.05) is 6.07 Å². The van der Waals surface area contributed by atoms with E-state index in [1.807, 2.05) is 0 Å². The summed E-state index contributed by atoms with van der Waals surface area (Å²) in [5, 5.41) is 0. The highest BCUT2D eigenvalue weighted by Gasteiger charge is 2.07. The molecule has 0 unspecified atom stereocenters. The van der Waals surface area contributed by atoms with E-state index in [0.717, 1.165) is 5.52 Å². The fraction of sp³-hybridized carbons (Fsp3) is 0.250. The second kappa shape index (κ2) is 2.93. The zero-order chi connectivity index (χ0) is 9.26. The SMILES string of the molecule is COc1cc2[nH]cnc2c(OC)n1. The number of fused-ring (bicyclic) bond motifs is 1. The minimum Gasteiger partial charge on any atom is -0.481 e. The highest BCUT2D eigenvalue weighted by atomic mass is 16.5. The standard InChI is InChI=1S/C8H9N3O2/c1-12-6-3-5-7(10-4-9-5)8(11-6)13-2/h3-4H,1-2H3,(H,9,10). The minimum atomic E-state index is 0.468. The molecule has 0 aliphatic carbocycles. The Balaban J connectivity index is 2.70. The number of nitrogens with one attached hydrogen (secondary N) is 1. The van der Waals surface area contributed by atoms with Gasteiger partial charge in [-0.2, -0.15) is 4.98 Å². The van der Waals surface area contributed by atoms with Crippen LogP contribution in [0.3, 0.4) is 0 Å². The first-order chi connectivity index (χ1) is 6.35. The molecule has 5 nitrogen and oxygen atoms in total. The molecule has 0 fully saturated rings. The summed E-state index contributed by atoms with van der Waals surface area (Å²) in [5.41, 5.74) is 1.56. The lowest BCUT2D eigenvalue weighted by molar-refractivity contribution is 0.368. The Kier molecular flexibility index (Phi) is 1.77. The summed E-state index contributed by atoms with van der Waals surface area (Å²) in [6.45, 7) is 0. The number of H-pyrrole nitrogens is 1. The first kappa shape index (κ1) is 7.85. The topological polar surface area (TPSA) is 60.0 Å². The normalized spacial score (nSPS) is 10.3. The quantitative estimate of drug-likeness (QED) is 0.746. The Morgan fingerprint density at radius 1 is 1.31 bits per heavy atom. The Hall–Kier alpha value is -1.78. The molecular formula is C8H9N3O2. The number of hydrogen-bond donors (Lipinski definition) is 1. The van der Waals surface area contributed by atoms with E-state index < -0.39 is 0 Å². The van der Waals surface area contributed by atoms with E-state index in [4.69, 9.17) is 9.47 Å². The van der Waals surface area contributed by atoms with Crippen molar-refractivity contribution in [2.75, 3.05) is 14.2 Å². The van der Waals surface area contributed by atoms with Crippen LogP contribution in [0.5, 0.6) is 11.8 Å². The van der Waals surface area contributed by atoms with Crippen LogP contribution in [-0.2, 0) is 0 Å². The summed E-state index contributed by atoms with van der Waals surface area (Å²) >= 11 is 0. The third-order valence-corrected chi connectivity index (χ3v) is 1.75. The second-order valence-corrected chi connectivity index (χ2v) is 2.47. The molecule has 0 spiro atoms. The molecule has 0 aromatic carbocycles. The van der Waals surface area contributed by atoms with Crippen LogP contribution >= 0.6 is 0 Å². The largest absolute Gasteiger partial charge is 0.481 e. The highest BCUT2D eigenvalue weighted by Crippen LogP contribution is 2.23. The predicted octanol–water partition coefficient (Wildman–Crippen LogP) is 0.975. The predicted molar refractivity (Wildman–Crippen MR) is 47.0 cm³/mol. The van der Waals surface area contributed by atoms with Crippen LogP contribution in [0.4, 0.5) is 0 Å². The van der Waals surface area contributed by atoms with Crippen molar-refractivity contribution in [2.45, 2.75) is 0 Å². The molecular weight excluding hydrogens is 170 g/mol. The zero-order valence-electron chi connectivity index (χ0n) is 7.37. The number of methoxy groups -OCH3 is 2. The molecule has 13 heavy (non-hydrogen) atoms. The van der Waals surface area contributed by atoms with Crippen LogP contribution in [0, 0.1) is 0 Å². The van der Waals surface area contributed by atoms with Gasteiger partial charge in [-0.05, 0) is 0 Å². The van der Waals surface area contributed by atoms with Crippen molar-refractivity contribution in [3.63, 3.8) is 0 Å². The molecule has 1 N–H and O–H groups in total. The molecule has 5 heteroatoms. The number of pyridine rings is 1. The summed E-state index contributed by atoms with van der Waals surface area (Å²) in [5.74, 6) is 0.976. The van der Waals surface area contributed by atoms with Gasteiger partial charge in [-0.3, -0.25) is 0 Å². The van der Waals surface area contributed by atoms with Crippen molar-refractivity contribution < 1.29 is 9.47 Å². The van der Waals surface area contributed by atoms with Crippen molar-refractivity contribution in [2.24, 2.45) is 0 Å². The van der Waals surface area contributed by atoms with Crippen molar-refractivity contribution in [1.82, 2.24) is 15.0 Å². The van der Waals surface area contributed by atoms with E-state index in [0.29, 0.717) is 17.3 Å². The zero-order valence-corrected chi connectivity index (χ0v) is 7.37. The first-order valence-corrected chi connectivity index (χ1v) is 3.77. The number of rotatable bonds is 2. The molecule has 0 aliphatic rings. The average Bonchev–Trinajstić information content (AvgIpc) is 2.63. The van der Waals surface area contributed by atoms with E-state index in [1.54, 1.807) is 26.6 Å². The Morgan fingerprint density at radius 3 is 2.85 bits per heavy atom. The smallest absolute Gasteiger partial charge is 0.245 e. The Bertz CT molecular complexity index is 424. The van der Waals surface area contributed by atoms with Crippen LogP contribution in [0.2, 0.25) is 0 Å². The van der Waals surface area contributed by atoms with Crippen LogP contribution in [0.25, 0.3) is 11.0 Å². The van der Waals surface area contributed by atoms with Gasteiger partial charge in [-0.25, -0.2) is 4.98 Å². The lowest BCUT2D eigenvalue weighted by Crippen LogP contribution is -1.93. The number of hydrogen-bond acceptors (Lipinski definition) is 4. The van der Waals surface area contributed by atoms with Crippen molar-refractivity contribution in [3.8, 4) is 11.8 Å². The molecule has 0 aliphatic heterocycles. The van der Waals surface area contributed by atoms with Gasteiger partial charge in [0.25, 0.3) is 0 Å². The van der Waals surface area contributed by atoms with Crippen LogP contribution in [0.1, 0.15) is 0 Å². The van der Waals surface area contributed by atoms with E-state index >= 15 is 0 Å². The van der Waals surface area contributed by atoms with Crippen LogP contribution in [-0.4, -0.2) is 29.2 Å². The molecule has 2 aromatic heterocycles. The average molecular weight is 179 g/mol. The minimum absolute atomic E-state index is 0.468. The van der Waals surface area contributed by atoms with E-state index in [1.165, 1.54) is 0 Å². The lowest BCUT2D eigenvalue weighted by atomic mass is 10.4. The third-order valence-electron chi connectivity index (χ3n) is 1.75. The fourth-order valence-electron chi connectivity index (χ4n) is 1.14. The van der Waals surface area contributed by atoms with Gasteiger partial charge >= 0.3 is 0 Å². The molecule has 0 amide bonds. The number of nitrogens with zero attached hydrogens (tertiary/aromatic N) is 2. The van der Waals surface area contributed by atoms with E-state index in [2.05, 4.69) is 15.0 Å². The monoisotopic (exact) mass is 179 g/mol. The summed E-state index contributed by atoms with van der Waals surface area (Å²) < 4.78 is 10.0. The van der Waals surface area contributed by atoms with Crippen molar-refractivity contribution >= 4 is 11.0 Å². The van der Waals surface area contributed by atoms with Gasteiger partial charge in [0.15, 0.2) is 5.52 Å². The fourth-order valence-corrected chi connectivity index (χ4v) is 1.14. The van der Waals surface area contributed by atoms with Crippen LogP contribution in [0.15, 0.2) is 12.4 Å². The summed E-state index contributed by atoms with van der Waals surface area (Å²) in [7, 11) is 3.11. The van der Waals surface area contributed by atoms with Gasteiger partial charge < -0.3 is 14.5 Å². The molecule has 0 atom stereocenters. The number of ether oxygens (including phenoxy) is 2. The number of aromatic nitrogens is 3. The summed E-state index contributed by atoms with van der Waals surface area (Å²) in [6.07, 6.45) is 1.59. The highest BCUT2D eigenvalue weighted by molar-refractivity contribution is 5.80. The lowest BCUT2D eigenvalue weighted by Gasteiger charge is -2.02. The maximum Gasteiger partial charge on any atom is 0.245 e. The number of imidazole rings is 1. The molecule has 2 heterocycles. The van der Waals surface area contributed by atoms with Gasteiger partial charge in [0.05, 0.1) is 26.1 Å². The Labute approximate surface area is 74.7 Å².